The number of nitrogens with zero attached hydrogens (tertiary/aromatic N) is 2. The molecule has 1 N–H and O–H groups in total. The van der Waals surface area contributed by atoms with Gasteiger partial charge in [0.15, 0.2) is 5.78 Å². The molecule has 0 fully saturated rings. The average molecular weight is 413 g/mol. The number of benzene rings is 2. The zero-order valence-corrected chi connectivity index (χ0v) is 17.5. The van der Waals surface area contributed by atoms with Crippen LogP contribution < -0.4 is 10.1 Å². The van der Waals surface area contributed by atoms with Gasteiger partial charge in [0.1, 0.15) is 17.1 Å². The molecule has 0 atom stereocenters. The van der Waals surface area contributed by atoms with E-state index < -0.39 is 0 Å². The zero-order valence-electron chi connectivity index (χ0n) is 17.5. The first-order valence-corrected chi connectivity index (χ1v) is 10.0. The monoisotopic (exact) mass is 413 g/mol. The molecule has 6 heteroatoms. The molecule has 2 aromatic heterocycles. The number of carbonyl (C=O) groups excluding carboxylic acids is 2. The van der Waals surface area contributed by atoms with Gasteiger partial charge in [-0.15, -0.1) is 0 Å². The van der Waals surface area contributed by atoms with Gasteiger partial charge in [-0.1, -0.05) is 36.4 Å². The molecule has 4 rings (SSSR count). The van der Waals surface area contributed by atoms with Crippen molar-refractivity contribution in [2.45, 2.75) is 13.3 Å². The highest BCUT2D eigenvalue weighted by atomic mass is 16.5. The first-order valence-electron chi connectivity index (χ1n) is 10.0. The van der Waals surface area contributed by atoms with Crippen molar-refractivity contribution in [1.82, 2.24) is 14.7 Å². The van der Waals surface area contributed by atoms with Gasteiger partial charge in [0.2, 0.25) is 0 Å². The van der Waals surface area contributed by atoms with E-state index in [4.69, 9.17) is 4.74 Å². The second-order valence-corrected chi connectivity index (χ2v) is 7.30. The number of ether oxygens (including phenoxy) is 1. The third kappa shape index (κ3) is 4.64. The van der Waals surface area contributed by atoms with Crippen molar-refractivity contribution in [3.63, 3.8) is 0 Å². The quantitative estimate of drug-likeness (QED) is 0.461. The number of Topliss-reactive ketones (excluding diaryl/α,β-unsaturated/α-hetero) is 1. The minimum atomic E-state index is -0.204. The third-order valence-corrected chi connectivity index (χ3v) is 5.17. The van der Waals surface area contributed by atoms with Crippen LogP contribution in [0.2, 0.25) is 0 Å². The fraction of sp³-hybridized carbons (Fsp3) is 0.160. The van der Waals surface area contributed by atoms with E-state index >= 15 is 0 Å². The number of carbonyl (C=O) groups is 2. The number of rotatable bonds is 7. The highest BCUT2D eigenvalue weighted by molar-refractivity contribution is 5.94. The average Bonchev–Trinajstić information content (AvgIpc) is 3.23. The number of methoxy groups -OCH3 is 1. The maximum Gasteiger partial charge on any atom is 0.271 e. The number of hydrogen-bond acceptors (Lipinski definition) is 4. The molecule has 1 amide bonds. The lowest BCUT2D eigenvalue weighted by molar-refractivity contribution is 0.0948. The number of nitrogens with one attached hydrogen (secondary N) is 1. The second-order valence-electron chi connectivity index (χ2n) is 7.30. The molecular formula is C25H23N3O3. The molecule has 0 saturated carbocycles. The summed E-state index contributed by atoms with van der Waals surface area (Å²) < 4.78 is 7.00. The number of aromatic nitrogens is 2. The van der Waals surface area contributed by atoms with Crippen molar-refractivity contribution in [1.29, 1.82) is 0 Å². The van der Waals surface area contributed by atoms with Crippen molar-refractivity contribution in [2.75, 3.05) is 13.7 Å². The highest BCUT2D eigenvalue weighted by Gasteiger charge is 2.11. The van der Waals surface area contributed by atoms with E-state index in [0.29, 0.717) is 23.4 Å². The Kier molecular flexibility index (Phi) is 5.80. The summed E-state index contributed by atoms with van der Waals surface area (Å²) in [4.78, 5) is 28.4. The molecule has 0 saturated heterocycles. The molecule has 0 aliphatic rings. The Bertz CT molecular complexity index is 1230. The maximum absolute atomic E-state index is 12.5. The largest absolute Gasteiger partial charge is 0.497 e. The molecule has 0 aliphatic heterocycles. The number of hydrogen-bond donors (Lipinski definition) is 1. The molecule has 156 valence electrons. The Morgan fingerprint density at radius 1 is 0.935 bits per heavy atom. The summed E-state index contributed by atoms with van der Waals surface area (Å²) >= 11 is 0. The standard InChI is InChI=1S/C25H23N3O3/c1-17(29)19-5-7-20(8-6-19)21-9-12-24-27-23(16-28(24)15-21)25(30)26-14-13-18-3-10-22(31-2)11-4-18/h3-12,15-16H,13-14H2,1-2H3,(H,26,30). The molecule has 0 bridgehead atoms. The van der Waals surface area contributed by atoms with Crippen molar-refractivity contribution in [2.24, 2.45) is 0 Å². The zero-order chi connectivity index (χ0) is 21.8. The summed E-state index contributed by atoms with van der Waals surface area (Å²) in [7, 11) is 1.64. The normalized spacial score (nSPS) is 10.8. The van der Waals surface area contributed by atoms with Crippen LogP contribution in [0.15, 0.2) is 73.1 Å². The predicted molar refractivity (Wildman–Crippen MR) is 120 cm³/mol. The Labute approximate surface area is 180 Å². The van der Waals surface area contributed by atoms with Gasteiger partial charge >= 0.3 is 0 Å². The Morgan fingerprint density at radius 2 is 1.65 bits per heavy atom. The number of pyridine rings is 1. The minimum Gasteiger partial charge on any atom is -0.497 e. The molecule has 31 heavy (non-hydrogen) atoms. The summed E-state index contributed by atoms with van der Waals surface area (Å²) in [6, 6.07) is 19.1. The van der Waals surface area contributed by atoms with Crippen molar-refractivity contribution >= 4 is 17.3 Å². The highest BCUT2D eigenvalue weighted by Crippen LogP contribution is 2.21. The van der Waals surface area contributed by atoms with Gasteiger partial charge in [0.05, 0.1) is 7.11 Å². The molecule has 4 aromatic rings. The number of ketones is 1. The number of imidazole rings is 1. The summed E-state index contributed by atoms with van der Waals surface area (Å²) in [5.41, 5.74) is 4.85. The van der Waals surface area contributed by atoms with E-state index in [1.54, 1.807) is 20.2 Å². The van der Waals surface area contributed by atoms with Crippen LogP contribution in [0.3, 0.4) is 0 Å². The summed E-state index contributed by atoms with van der Waals surface area (Å²) in [6.07, 6.45) is 4.38. The van der Waals surface area contributed by atoms with Crippen LogP contribution in [0.25, 0.3) is 16.8 Å². The summed E-state index contributed by atoms with van der Waals surface area (Å²) in [6.45, 7) is 2.07. The van der Waals surface area contributed by atoms with Crippen LogP contribution in [0, 0.1) is 0 Å². The topological polar surface area (TPSA) is 72.7 Å². The molecule has 0 unspecified atom stereocenters. The van der Waals surface area contributed by atoms with E-state index in [-0.39, 0.29) is 11.7 Å². The molecule has 0 spiro atoms. The van der Waals surface area contributed by atoms with Gasteiger partial charge in [-0.25, -0.2) is 4.98 Å². The van der Waals surface area contributed by atoms with Gasteiger partial charge in [-0.05, 0) is 54.3 Å². The summed E-state index contributed by atoms with van der Waals surface area (Å²) in [5, 5.41) is 2.92. The van der Waals surface area contributed by atoms with Crippen molar-refractivity contribution < 1.29 is 14.3 Å². The SMILES string of the molecule is COc1ccc(CCNC(=O)c2cn3cc(-c4ccc(C(C)=O)cc4)ccc3n2)cc1. The van der Waals surface area contributed by atoms with E-state index in [0.717, 1.165) is 28.9 Å². The van der Waals surface area contributed by atoms with Crippen LogP contribution in [0.4, 0.5) is 0 Å². The molecule has 2 aromatic carbocycles. The first kappa shape index (κ1) is 20.3. The van der Waals surface area contributed by atoms with Gasteiger partial charge < -0.3 is 14.5 Å². The Morgan fingerprint density at radius 3 is 2.32 bits per heavy atom. The van der Waals surface area contributed by atoms with E-state index in [9.17, 15) is 9.59 Å². The van der Waals surface area contributed by atoms with Crippen LogP contribution >= 0.6 is 0 Å². The van der Waals surface area contributed by atoms with Crippen molar-refractivity contribution in [3.05, 3.63) is 89.9 Å². The minimum absolute atomic E-state index is 0.0410. The van der Waals surface area contributed by atoms with Crippen molar-refractivity contribution in [3.8, 4) is 16.9 Å². The Hall–Kier alpha value is -3.93. The molecule has 2 heterocycles. The second kappa shape index (κ2) is 8.83. The molecular weight excluding hydrogens is 390 g/mol. The van der Waals surface area contributed by atoms with Gasteiger partial charge in [0.25, 0.3) is 5.91 Å². The van der Waals surface area contributed by atoms with Crippen LogP contribution in [-0.4, -0.2) is 34.7 Å². The van der Waals surface area contributed by atoms with E-state index in [1.807, 2.05) is 71.3 Å². The Balaban J connectivity index is 1.43. The van der Waals surface area contributed by atoms with Gasteiger partial charge in [-0.2, -0.15) is 0 Å². The third-order valence-electron chi connectivity index (χ3n) is 5.17. The molecule has 6 nitrogen and oxygen atoms in total. The van der Waals surface area contributed by atoms with Crippen LogP contribution in [0.5, 0.6) is 5.75 Å². The lowest BCUT2D eigenvalue weighted by Gasteiger charge is -2.05. The fourth-order valence-corrected chi connectivity index (χ4v) is 3.37. The van der Waals surface area contributed by atoms with Crippen LogP contribution in [0.1, 0.15) is 33.3 Å². The number of amides is 1. The number of fused-ring (bicyclic) bond motifs is 1. The predicted octanol–water partition coefficient (Wildman–Crippen LogP) is 4.19. The lowest BCUT2D eigenvalue weighted by atomic mass is 10.0. The maximum atomic E-state index is 12.5. The van der Waals surface area contributed by atoms with Crippen LogP contribution in [-0.2, 0) is 6.42 Å². The first-order chi connectivity index (χ1) is 15.0. The molecule has 0 aliphatic carbocycles. The van der Waals surface area contributed by atoms with E-state index in [1.165, 1.54) is 0 Å². The van der Waals surface area contributed by atoms with Gasteiger partial charge in [-0.3, -0.25) is 9.59 Å². The lowest BCUT2D eigenvalue weighted by Crippen LogP contribution is -2.25. The van der Waals surface area contributed by atoms with Gasteiger partial charge in [0, 0.05) is 24.5 Å². The smallest absolute Gasteiger partial charge is 0.271 e. The summed E-state index contributed by atoms with van der Waals surface area (Å²) in [5.74, 6) is 0.649. The fourth-order valence-electron chi connectivity index (χ4n) is 3.37. The molecule has 0 radical (unpaired) electrons. The van der Waals surface area contributed by atoms with E-state index in [2.05, 4.69) is 10.3 Å².